The van der Waals surface area contributed by atoms with Gasteiger partial charge in [-0.2, -0.15) is 18.2 Å². The lowest BCUT2D eigenvalue weighted by Gasteiger charge is -2.09. The maximum Gasteiger partial charge on any atom is 0.417 e. The number of alkyl halides is 3. The molecule has 0 amide bonds. The first-order valence-electron chi connectivity index (χ1n) is 6.20. The minimum atomic E-state index is -4.45. The van der Waals surface area contributed by atoms with Gasteiger partial charge >= 0.3 is 6.18 Å². The third kappa shape index (κ3) is 4.04. The summed E-state index contributed by atoms with van der Waals surface area (Å²) in [6.07, 6.45) is -4.45. The highest BCUT2D eigenvalue weighted by Crippen LogP contribution is 2.37. The Hall–Kier alpha value is -1.41. The van der Waals surface area contributed by atoms with E-state index in [1.165, 1.54) is 12.1 Å². The van der Waals surface area contributed by atoms with E-state index in [1.807, 2.05) is 13.8 Å². The largest absolute Gasteiger partial charge is 0.417 e. The Balaban J connectivity index is 2.26. The maximum atomic E-state index is 12.9. The second-order valence-electron chi connectivity index (χ2n) is 4.74. The first-order valence-corrected chi connectivity index (χ1v) is 6.99. The van der Waals surface area contributed by atoms with Gasteiger partial charge < -0.3 is 9.84 Å². The fourth-order valence-electron chi connectivity index (χ4n) is 1.61. The first kappa shape index (κ1) is 16.0. The van der Waals surface area contributed by atoms with Crippen LogP contribution in [0.3, 0.4) is 0 Å². The highest BCUT2D eigenvalue weighted by Gasteiger charge is 2.33. The molecule has 2 rings (SSSR count). The van der Waals surface area contributed by atoms with E-state index in [9.17, 15) is 13.2 Å². The van der Waals surface area contributed by atoms with E-state index in [0.29, 0.717) is 12.4 Å². The number of benzene rings is 1. The zero-order chi connectivity index (χ0) is 15.6. The summed E-state index contributed by atoms with van der Waals surface area (Å²) in [6, 6.07) is 4.04. The zero-order valence-electron chi connectivity index (χ0n) is 11.3. The van der Waals surface area contributed by atoms with Gasteiger partial charge in [0.15, 0.2) is 5.82 Å². The molecule has 0 saturated carbocycles. The molecular formula is C13H13BrF3N3O. The Labute approximate surface area is 127 Å². The number of hydrogen-bond acceptors (Lipinski definition) is 4. The summed E-state index contributed by atoms with van der Waals surface area (Å²) >= 11 is 2.89. The van der Waals surface area contributed by atoms with Crippen molar-refractivity contribution in [1.82, 2.24) is 15.5 Å². The molecule has 0 aliphatic carbocycles. The monoisotopic (exact) mass is 363 g/mol. The average molecular weight is 364 g/mol. The highest BCUT2D eigenvalue weighted by molar-refractivity contribution is 9.10. The number of nitrogens with one attached hydrogen (secondary N) is 1. The molecule has 2 aromatic rings. The van der Waals surface area contributed by atoms with Gasteiger partial charge in [0.1, 0.15) is 0 Å². The van der Waals surface area contributed by atoms with Crippen LogP contribution in [0.25, 0.3) is 11.5 Å². The van der Waals surface area contributed by atoms with E-state index < -0.39 is 11.7 Å². The lowest BCUT2D eigenvalue weighted by molar-refractivity contribution is -0.138. The van der Waals surface area contributed by atoms with Gasteiger partial charge in [0.2, 0.25) is 0 Å². The Bertz CT molecular complexity index is 625. The molecule has 0 unspecified atom stereocenters. The third-order valence-corrected chi connectivity index (χ3v) is 3.35. The van der Waals surface area contributed by atoms with Crippen LogP contribution in [0, 0.1) is 0 Å². The quantitative estimate of drug-likeness (QED) is 0.891. The number of nitrogens with zero attached hydrogens (tertiary/aromatic N) is 2. The van der Waals surface area contributed by atoms with Crippen molar-refractivity contribution in [3.05, 3.63) is 34.1 Å². The van der Waals surface area contributed by atoms with Gasteiger partial charge in [-0.15, -0.1) is 0 Å². The molecule has 21 heavy (non-hydrogen) atoms. The smallest absolute Gasteiger partial charge is 0.334 e. The minimum Gasteiger partial charge on any atom is -0.334 e. The normalized spacial score (nSPS) is 12.1. The van der Waals surface area contributed by atoms with E-state index in [-0.39, 0.29) is 22.0 Å². The van der Waals surface area contributed by atoms with Crippen LogP contribution < -0.4 is 5.32 Å². The van der Waals surface area contributed by atoms with Crippen LogP contribution >= 0.6 is 15.9 Å². The van der Waals surface area contributed by atoms with E-state index >= 15 is 0 Å². The third-order valence-electron chi connectivity index (χ3n) is 2.66. The van der Waals surface area contributed by atoms with Crippen molar-refractivity contribution in [1.29, 1.82) is 0 Å². The summed E-state index contributed by atoms with van der Waals surface area (Å²) in [6.45, 7) is 4.32. The van der Waals surface area contributed by atoms with Crippen molar-refractivity contribution in [3.63, 3.8) is 0 Å². The van der Waals surface area contributed by atoms with E-state index in [2.05, 4.69) is 31.4 Å². The number of halogens is 4. The van der Waals surface area contributed by atoms with Gasteiger partial charge in [-0.1, -0.05) is 34.9 Å². The number of hydrogen-bond donors (Lipinski definition) is 1. The van der Waals surface area contributed by atoms with Gasteiger partial charge in [0.05, 0.1) is 12.1 Å². The minimum absolute atomic E-state index is 0.0278. The standard InChI is InChI=1S/C13H13BrF3N3O/c1-7(2)18-6-11-19-12(21-20-11)8-3-4-10(14)9(5-8)13(15,16)17/h3-5,7,18H,6H2,1-2H3. The van der Waals surface area contributed by atoms with E-state index in [4.69, 9.17) is 4.52 Å². The van der Waals surface area contributed by atoms with Crippen molar-refractivity contribution in [2.75, 3.05) is 0 Å². The van der Waals surface area contributed by atoms with Crippen molar-refractivity contribution in [2.24, 2.45) is 0 Å². The second-order valence-corrected chi connectivity index (χ2v) is 5.60. The SMILES string of the molecule is CC(C)NCc1noc(-c2ccc(Br)c(C(F)(F)F)c2)n1. The topological polar surface area (TPSA) is 51.0 Å². The molecule has 0 aliphatic rings. The Morgan fingerprint density at radius 1 is 1.33 bits per heavy atom. The Morgan fingerprint density at radius 2 is 2.05 bits per heavy atom. The van der Waals surface area contributed by atoms with Gasteiger partial charge in [-0.05, 0) is 18.2 Å². The summed E-state index contributed by atoms with van der Waals surface area (Å²) in [5.41, 5.74) is -0.547. The molecule has 0 aliphatic heterocycles. The van der Waals surface area contributed by atoms with Gasteiger partial charge in [-0.25, -0.2) is 0 Å². The van der Waals surface area contributed by atoms with Crippen LogP contribution in [-0.4, -0.2) is 16.2 Å². The molecule has 0 radical (unpaired) electrons. The summed E-state index contributed by atoms with van der Waals surface area (Å²) in [5, 5.41) is 6.84. The van der Waals surface area contributed by atoms with Gasteiger partial charge in [0, 0.05) is 16.1 Å². The molecule has 0 saturated heterocycles. The molecule has 0 atom stereocenters. The fraction of sp³-hybridized carbons (Fsp3) is 0.385. The first-order chi connectivity index (χ1) is 9.77. The molecule has 1 aromatic heterocycles. The molecule has 114 valence electrons. The summed E-state index contributed by atoms with van der Waals surface area (Å²) < 4.78 is 43.5. The van der Waals surface area contributed by atoms with Gasteiger partial charge in [0.25, 0.3) is 5.89 Å². The molecule has 0 fully saturated rings. The predicted molar refractivity (Wildman–Crippen MR) is 74.4 cm³/mol. The number of rotatable bonds is 4. The Kier molecular flexibility index (Phi) is 4.67. The van der Waals surface area contributed by atoms with Crippen LogP contribution in [0.15, 0.2) is 27.2 Å². The van der Waals surface area contributed by atoms with Gasteiger partial charge in [-0.3, -0.25) is 0 Å². The van der Waals surface area contributed by atoms with Crippen LogP contribution in [-0.2, 0) is 12.7 Å². The van der Waals surface area contributed by atoms with Crippen LogP contribution in [0.2, 0.25) is 0 Å². The van der Waals surface area contributed by atoms with E-state index in [1.54, 1.807) is 0 Å². The van der Waals surface area contributed by atoms with Crippen LogP contribution in [0.4, 0.5) is 13.2 Å². The molecular weight excluding hydrogens is 351 g/mol. The van der Waals surface area contributed by atoms with Crippen molar-refractivity contribution < 1.29 is 17.7 Å². The van der Waals surface area contributed by atoms with Crippen LogP contribution in [0.1, 0.15) is 25.2 Å². The predicted octanol–water partition coefficient (Wildman–Crippen LogP) is 4.02. The van der Waals surface area contributed by atoms with E-state index in [0.717, 1.165) is 6.07 Å². The lowest BCUT2D eigenvalue weighted by Crippen LogP contribution is -2.22. The summed E-state index contributed by atoms with van der Waals surface area (Å²) in [7, 11) is 0. The van der Waals surface area contributed by atoms with Crippen LogP contribution in [0.5, 0.6) is 0 Å². The Morgan fingerprint density at radius 3 is 2.67 bits per heavy atom. The molecule has 0 bridgehead atoms. The van der Waals surface area contributed by atoms with Crippen molar-refractivity contribution >= 4 is 15.9 Å². The summed E-state index contributed by atoms with van der Waals surface area (Å²) in [4.78, 5) is 4.08. The average Bonchev–Trinajstić information content (AvgIpc) is 2.84. The second kappa shape index (κ2) is 6.15. The summed E-state index contributed by atoms with van der Waals surface area (Å²) in [5.74, 6) is 0.462. The lowest BCUT2D eigenvalue weighted by atomic mass is 10.1. The molecule has 1 N–H and O–H groups in total. The zero-order valence-corrected chi connectivity index (χ0v) is 12.9. The molecule has 8 heteroatoms. The highest BCUT2D eigenvalue weighted by atomic mass is 79.9. The van der Waals surface area contributed by atoms with Crippen molar-refractivity contribution in [2.45, 2.75) is 32.6 Å². The molecule has 4 nitrogen and oxygen atoms in total. The number of aromatic nitrogens is 2. The molecule has 1 aromatic carbocycles. The molecule has 0 spiro atoms. The molecule has 1 heterocycles. The van der Waals surface area contributed by atoms with Crippen molar-refractivity contribution in [3.8, 4) is 11.5 Å². The maximum absolute atomic E-state index is 12.9. The fourth-order valence-corrected chi connectivity index (χ4v) is 2.09.